The van der Waals surface area contributed by atoms with E-state index in [0.29, 0.717) is 24.8 Å². The summed E-state index contributed by atoms with van der Waals surface area (Å²) in [6.07, 6.45) is 5.74. The van der Waals surface area contributed by atoms with E-state index in [1.165, 1.54) is 16.0 Å². The molecule has 8 heteroatoms. The van der Waals surface area contributed by atoms with E-state index in [9.17, 15) is 19.7 Å². The second kappa shape index (κ2) is 13.5. The van der Waals surface area contributed by atoms with Crippen LogP contribution in [0.1, 0.15) is 51.5 Å². The van der Waals surface area contributed by atoms with Gasteiger partial charge in [0.25, 0.3) is 0 Å². The number of fused-ring (bicyclic) bond motifs is 4. The van der Waals surface area contributed by atoms with E-state index >= 15 is 0 Å². The number of carbonyl (C=O) groups is 2. The van der Waals surface area contributed by atoms with Crippen LogP contribution in [0.25, 0.3) is 16.8 Å². The predicted molar refractivity (Wildman–Crippen MR) is 192 cm³/mol. The molecule has 1 aliphatic carbocycles. The first-order valence-electron chi connectivity index (χ1n) is 17.1. The van der Waals surface area contributed by atoms with Crippen LogP contribution in [0.15, 0.2) is 108 Å². The minimum absolute atomic E-state index is 0.159. The van der Waals surface area contributed by atoms with E-state index in [4.69, 9.17) is 4.65 Å². The summed E-state index contributed by atoms with van der Waals surface area (Å²) in [6, 6.07) is 28.8. The van der Waals surface area contributed by atoms with Crippen molar-refractivity contribution >= 4 is 52.8 Å². The number of nitrogens with one attached hydrogen (secondary N) is 1. The smallest absolute Gasteiger partial charge is 0.455 e. The monoisotopic (exact) mass is 640 g/mol. The SMILES string of the molecule is CCC1=C2[C@@H](CC/C(=C/c3ccc(O)c4ccccc34)CC)OB(O)C[C@@H]2[C@@H]2C(=O)N(c3ccc(Nc4ccccc4)cc3)C(=O)[C@@H]2C1. The molecule has 7 rings (SSSR count). The number of carbonyl (C=O) groups excluding carboxylic acids is 2. The number of nitrogens with zero attached hydrogens (tertiary/aromatic N) is 1. The zero-order valence-corrected chi connectivity index (χ0v) is 27.4. The van der Waals surface area contributed by atoms with Gasteiger partial charge in [0, 0.05) is 16.8 Å². The molecule has 0 bridgehead atoms. The molecule has 2 heterocycles. The Bertz CT molecular complexity index is 1900. The molecule has 0 radical (unpaired) electrons. The third-order valence-electron chi connectivity index (χ3n) is 10.4. The molecule has 0 spiro atoms. The summed E-state index contributed by atoms with van der Waals surface area (Å²) in [6.45, 7) is 4.24. The van der Waals surface area contributed by atoms with Gasteiger partial charge in [-0.2, -0.15) is 0 Å². The maximum absolute atomic E-state index is 14.2. The molecule has 2 aliphatic heterocycles. The summed E-state index contributed by atoms with van der Waals surface area (Å²) < 4.78 is 6.22. The molecule has 0 aromatic heterocycles. The van der Waals surface area contributed by atoms with Gasteiger partial charge in [-0.25, -0.2) is 0 Å². The number of aromatic hydroxyl groups is 1. The summed E-state index contributed by atoms with van der Waals surface area (Å²) in [5, 5.41) is 26.5. The molecule has 4 atom stereocenters. The molecule has 2 saturated heterocycles. The Labute approximate surface area is 282 Å². The van der Waals surface area contributed by atoms with Crippen LogP contribution in [-0.4, -0.2) is 35.2 Å². The Morgan fingerprint density at radius 2 is 1.60 bits per heavy atom. The van der Waals surface area contributed by atoms with Crippen molar-refractivity contribution in [3.05, 3.63) is 113 Å². The van der Waals surface area contributed by atoms with Crippen LogP contribution in [0, 0.1) is 17.8 Å². The highest BCUT2D eigenvalue weighted by atomic mass is 16.5. The molecule has 3 aliphatic rings. The lowest BCUT2D eigenvalue weighted by atomic mass is 9.58. The Morgan fingerprint density at radius 3 is 2.33 bits per heavy atom. The van der Waals surface area contributed by atoms with Crippen molar-refractivity contribution in [1.82, 2.24) is 0 Å². The number of anilines is 3. The minimum atomic E-state index is -1.00. The van der Waals surface area contributed by atoms with Crippen molar-refractivity contribution in [2.75, 3.05) is 10.2 Å². The highest BCUT2D eigenvalue weighted by Gasteiger charge is 2.57. The third kappa shape index (κ3) is 5.95. The zero-order valence-electron chi connectivity index (χ0n) is 27.4. The van der Waals surface area contributed by atoms with Crippen LogP contribution in [0.4, 0.5) is 17.1 Å². The highest BCUT2D eigenvalue weighted by Crippen LogP contribution is 2.52. The van der Waals surface area contributed by atoms with E-state index in [1.807, 2.05) is 84.9 Å². The molecule has 4 aromatic carbocycles. The standard InChI is InChI=1S/C40H41BN2O5/c1-3-25(22-27-15-20-35(44)32-13-9-8-12-31(27)32)14-21-36-37-26(4-2)23-33-38(34(37)24-41(47)48-36)40(46)43(39(33)45)30-18-16-29(17-19-30)42-28-10-6-5-7-11-28/h5-13,15-20,22,33-34,36,38,42,44,47H,3-4,14,21,23-24H2,1-2H3/b25-22+/t33-,34+,36-,38-/m1/s1. The van der Waals surface area contributed by atoms with E-state index in [2.05, 4.69) is 25.2 Å². The van der Waals surface area contributed by atoms with Gasteiger partial charge in [0.05, 0.1) is 23.6 Å². The number of phenolic OH excluding ortho intramolecular Hbond substituents is 1. The fourth-order valence-electron chi connectivity index (χ4n) is 8.06. The number of hydrogen-bond acceptors (Lipinski definition) is 6. The van der Waals surface area contributed by atoms with E-state index in [0.717, 1.165) is 52.5 Å². The van der Waals surface area contributed by atoms with Crippen molar-refractivity contribution in [2.45, 2.75) is 58.4 Å². The van der Waals surface area contributed by atoms with Gasteiger partial charge in [-0.1, -0.05) is 79.6 Å². The number of para-hydroxylation sites is 1. The molecule has 0 unspecified atom stereocenters. The fourth-order valence-corrected chi connectivity index (χ4v) is 8.06. The van der Waals surface area contributed by atoms with Gasteiger partial charge in [0.1, 0.15) is 5.75 Å². The van der Waals surface area contributed by atoms with Crippen molar-refractivity contribution < 1.29 is 24.4 Å². The molecule has 4 aromatic rings. The number of amides is 2. The molecule has 2 fully saturated rings. The number of hydrogen-bond donors (Lipinski definition) is 3. The molecule has 2 amide bonds. The summed E-state index contributed by atoms with van der Waals surface area (Å²) in [7, 11) is -1.00. The Balaban J connectivity index is 1.12. The van der Waals surface area contributed by atoms with Crippen molar-refractivity contribution in [3.63, 3.8) is 0 Å². The Hall–Kier alpha value is -4.66. The summed E-state index contributed by atoms with van der Waals surface area (Å²) >= 11 is 0. The van der Waals surface area contributed by atoms with Gasteiger partial charge in [0.15, 0.2) is 0 Å². The van der Waals surface area contributed by atoms with Gasteiger partial charge in [-0.05, 0) is 103 Å². The van der Waals surface area contributed by atoms with E-state index in [-0.39, 0.29) is 29.6 Å². The Kier molecular flexibility index (Phi) is 8.95. The van der Waals surface area contributed by atoms with Crippen LogP contribution in [0.5, 0.6) is 5.75 Å². The molecule has 244 valence electrons. The number of allylic oxidation sites excluding steroid dienone is 2. The van der Waals surface area contributed by atoms with Gasteiger partial charge in [0.2, 0.25) is 11.8 Å². The van der Waals surface area contributed by atoms with Crippen LogP contribution in [0.3, 0.4) is 0 Å². The third-order valence-corrected chi connectivity index (χ3v) is 10.4. The highest BCUT2D eigenvalue weighted by molar-refractivity contribution is 6.43. The number of phenols is 1. The van der Waals surface area contributed by atoms with E-state index < -0.39 is 19.0 Å². The molecule has 3 N–H and O–H groups in total. The molecular formula is C40H41BN2O5. The van der Waals surface area contributed by atoms with Crippen LogP contribution >= 0.6 is 0 Å². The zero-order chi connectivity index (χ0) is 33.4. The van der Waals surface area contributed by atoms with Crippen LogP contribution in [-0.2, 0) is 14.2 Å². The first-order chi connectivity index (χ1) is 23.4. The first-order valence-corrected chi connectivity index (χ1v) is 17.1. The molecule has 0 saturated carbocycles. The lowest BCUT2D eigenvalue weighted by Crippen LogP contribution is -2.46. The lowest BCUT2D eigenvalue weighted by molar-refractivity contribution is -0.122. The van der Waals surface area contributed by atoms with Crippen molar-refractivity contribution in [3.8, 4) is 5.75 Å². The number of benzene rings is 4. The normalized spacial score (nSPS) is 22.7. The minimum Gasteiger partial charge on any atom is -0.507 e. The average molecular weight is 641 g/mol. The van der Waals surface area contributed by atoms with Crippen LogP contribution in [0.2, 0.25) is 6.32 Å². The van der Waals surface area contributed by atoms with Gasteiger partial charge in [-0.15, -0.1) is 0 Å². The first kappa shape index (κ1) is 31.9. The maximum atomic E-state index is 14.2. The predicted octanol–water partition coefficient (Wildman–Crippen LogP) is 8.27. The second-order valence-electron chi connectivity index (χ2n) is 13.1. The van der Waals surface area contributed by atoms with E-state index in [1.54, 1.807) is 6.07 Å². The van der Waals surface area contributed by atoms with Gasteiger partial charge in [-0.3, -0.25) is 14.5 Å². The summed E-state index contributed by atoms with van der Waals surface area (Å²) in [5.74, 6) is -1.29. The second-order valence-corrected chi connectivity index (χ2v) is 13.1. The fraction of sp³-hybridized carbons (Fsp3) is 0.300. The number of imide groups is 1. The van der Waals surface area contributed by atoms with Crippen molar-refractivity contribution in [2.24, 2.45) is 17.8 Å². The van der Waals surface area contributed by atoms with Crippen molar-refractivity contribution in [1.29, 1.82) is 0 Å². The topological polar surface area (TPSA) is 99.1 Å². The lowest BCUT2D eigenvalue weighted by Gasteiger charge is -2.43. The summed E-state index contributed by atoms with van der Waals surface area (Å²) in [5.41, 5.74) is 6.97. The molecular weight excluding hydrogens is 599 g/mol. The molecule has 48 heavy (non-hydrogen) atoms. The maximum Gasteiger partial charge on any atom is 0.455 e. The summed E-state index contributed by atoms with van der Waals surface area (Å²) in [4.78, 5) is 29.4. The molecule has 7 nitrogen and oxygen atoms in total. The van der Waals surface area contributed by atoms with Crippen LogP contribution < -0.4 is 10.2 Å². The van der Waals surface area contributed by atoms with Gasteiger partial charge < -0.3 is 20.1 Å². The van der Waals surface area contributed by atoms with Gasteiger partial charge >= 0.3 is 7.12 Å². The largest absolute Gasteiger partial charge is 0.507 e. The average Bonchev–Trinajstić information content (AvgIpc) is 3.36. The number of rotatable bonds is 9. The quantitative estimate of drug-likeness (QED) is 0.0968. The Morgan fingerprint density at radius 1 is 0.896 bits per heavy atom.